The molecule has 0 heterocycles. The van der Waals surface area contributed by atoms with Crippen molar-refractivity contribution in [3.8, 4) is 0 Å². The van der Waals surface area contributed by atoms with E-state index >= 15 is 0 Å². The van der Waals surface area contributed by atoms with E-state index in [1.54, 1.807) is 60.7 Å². The molecule has 0 spiro atoms. The van der Waals surface area contributed by atoms with E-state index in [1.165, 1.54) is 20.8 Å². The summed E-state index contributed by atoms with van der Waals surface area (Å²) in [6.07, 6.45) is -7.94. The fraction of sp³-hybridized carbons (Fsp3) is 0.500. The van der Waals surface area contributed by atoms with E-state index in [-0.39, 0.29) is 44.6 Å². The minimum atomic E-state index is -2.26. The van der Waals surface area contributed by atoms with Crippen molar-refractivity contribution in [1.29, 1.82) is 16.2 Å². The second-order valence-electron chi connectivity index (χ2n) is 24.5. The summed E-state index contributed by atoms with van der Waals surface area (Å²) < 4.78 is 0. The van der Waals surface area contributed by atoms with Crippen LogP contribution in [-0.4, -0.2) is 330 Å². The fourth-order valence-corrected chi connectivity index (χ4v) is 9.33. The molecule has 29 N–H and O–H groups in total. The number of nitrogens with two attached hydrogens (primary N) is 2. The number of nitrogens with zero attached hydrogens (tertiary/aromatic N) is 13. The second-order valence-corrected chi connectivity index (χ2v) is 24.5. The number of aliphatic carboxylic acids is 5. The molecule has 0 saturated carbocycles. The van der Waals surface area contributed by atoms with E-state index < -0.39 is 268 Å². The SMILES string of the molecule is CC(C)[C@H](N=C(O)CN=C(O)[C@@H](N)CCC(=O)O)C(O)=N[C@@H](CC(=N)O)C(O)=N[C@H](CC(=O)O)C(O)=N[C@@H](CC(=N)O)C(O)=N[C@@H](CCC(=O)O)C(O)=N[C@@H](CCC(=O)O)C(O)=NCC(O)=N[C@@H](Cc1ccccc1)C(O)=N[C@@H](Cc1ccccc1)C(O)=N[C@H](CO)C(O)=N[C@H](C)C(O)=N[C@H](CCCNC(=N)N)C(=O)O. The summed E-state index contributed by atoms with van der Waals surface area (Å²) in [5, 5.41) is 248. The molecule has 111 heavy (non-hydrogen) atoms. The smallest absolute Gasteiger partial charge is 0.328 e. The molecule has 12 atom stereocenters. The van der Waals surface area contributed by atoms with E-state index in [2.05, 4.69) is 70.2 Å². The Kier molecular flexibility index (Phi) is 41.0. The van der Waals surface area contributed by atoms with Gasteiger partial charge in [-0.1, -0.05) is 74.5 Å². The topological polar surface area (TPSA) is 806 Å². The molecule has 610 valence electrons. The van der Waals surface area contributed by atoms with Crippen LogP contribution >= 0.6 is 0 Å². The summed E-state index contributed by atoms with van der Waals surface area (Å²) in [6.45, 7) is 1.39. The van der Waals surface area contributed by atoms with E-state index in [4.69, 9.17) is 32.8 Å². The summed E-state index contributed by atoms with van der Waals surface area (Å²) >= 11 is 0. The first-order chi connectivity index (χ1) is 52.1. The number of aliphatic hydroxyl groups is 16. The zero-order valence-electron chi connectivity index (χ0n) is 60.2. The molecule has 45 heteroatoms. The quantitative estimate of drug-likeness (QED) is 0.0257. The number of benzene rings is 2. The maximum Gasteiger partial charge on any atom is 0.328 e. The zero-order chi connectivity index (χ0) is 83.8. The lowest BCUT2D eigenvalue weighted by Crippen LogP contribution is -2.34. The van der Waals surface area contributed by atoms with E-state index in [0.717, 1.165) is 0 Å². The maximum atomic E-state index is 12.2. The zero-order valence-corrected chi connectivity index (χ0v) is 60.2. The van der Waals surface area contributed by atoms with Crippen LogP contribution in [0.1, 0.15) is 103 Å². The minimum Gasteiger partial charge on any atom is -0.497 e. The molecule has 0 saturated heterocycles. The Labute approximate surface area is 632 Å². The standard InChI is InChI=1S/C66H95N19O26/c1-31(2)53(85-48(90)29-73-55(100)35(67)16-19-49(91)92)64(109)83-42(26-46(69)88)61(106)82-43(27-52(97)98)62(107)81-41(25-45(68)87)60(105)78-37(18-21-51(95)96)57(102)77-36(17-20-50(93)94)56(101)74-28-47(89)76-39(23-33-11-6-4-7-12-33)58(103)80-40(24-34-13-8-5-9-14-34)59(104)84-44(30-86)63(108)75-32(3)54(99)79-38(65(110)111)15-10-22-72-66(70)71/h4-9,11-14,31-32,35-44,53,86H,10,15-30,67H2,1-3H3,(H2,68,87)(H2,69,88)(H,73,100)(H,74,101)(H,75,108)(H,76,89)(H,77,102)(H,78,105)(H,79,99)(H,80,103)(H,81,107)(H,82,106)(H,83,109)(H,84,104)(H,85,90)(H,91,92)(H,93,94)(H,95,96)(H,97,98)(H,110,111)(H4,70,71,72)/t32-,35+,36+,37+,38-,39+,40+,41+,42+,43-,44-,53+/m1/s1. The number of carboxylic acid groups (broad SMARTS) is 5. The molecule has 0 aromatic heterocycles. The van der Waals surface area contributed by atoms with Gasteiger partial charge in [0.1, 0.15) is 67.5 Å². The normalized spacial score (nSPS) is 17.1. The predicted molar refractivity (Wildman–Crippen MR) is 408 cm³/mol. The van der Waals surface area contributed by atoms with Crippen LogP contribution in [0.15, 0.2) is 126 Å². The van der Waals surface area contributed by atoms with Gasteiger partial charge in [0.05, 0.1) is 31.9 Å². The number of hydrogen-bond donors (Lipinski definition) is 27. The second kappa shape index (κ2) is 48.4. The third kappa shape index (κ3) is 37.4. The van der Waals surface area contributed by atoms with Gasteiger partial charge < -0.3 is 124 Å². The van der Waals surface area contributed by atoms with Crippen LogP contribution in [0.3, 0.4) is 0 Å². The molecular weight excluding hydrogens is 1470 g/mol. The molecule has 2 rings (SSSR count). The molecule has 0 radical (unpaired) electrons. The van der Waals surface area contributed by atoms with Crippen molar-refractivity contribution in [3.63, 3.8) is 0 Å². The van der Waals surface area contributed by atoms with Crippen molar-refractivity contribution >= 4 is 124 Å². The van der Waals surface area contributed by atoms with Gasteiger partial charge in [0.2, 0.25) is 70.8 Å². The number of hydrogen-bond acceptors (Lipinski definition) is 23. The lowest BCUT2D eigenvalue weighted by Gasteiger charge is -2.19. The number of carbonyl (C=O) groups is 5. The van der Waals surface area contributed by atoms with Gasteiger partial charge in [0, 0.05) is 38.6 Å². The number of rotatable bonds is 52. The number of aliphatic imine (C=N–C) groups is 13. The van der Waals surface area contributed by atoms with E-state index in [0.29, 0.717) is 11.1 Å². The third-order valence-electron chi connectivity index (χ3n) is 15.0. The molecule has 2 aromatic carbocycles. The van der Waals surface area contributed by atoms with Crippen LogP contribution in [0, 0.1) is 22.1 Å². The third-order valence-corrected chi connectivity index (χ3v) is 15.0. The van der Waals surface area contributed by atoms with Gasteiger partial charge in [-0.25, -0.2) is 69.7 Å². The van der Waals surface area contributed by atoms with Crippen LogP contribution in [-0.2, 0) is 36.8 Å². The molecular formula is C66H95N19O26. The van der Waals surface area contributed by atoms with Gasteiger partial charge in [-0.15, -0.1) is 0 Å². The van der Waals surface area contributed by atoms with Crippen LogP contribution < -0.4 is 16.8 Å². The highest BCUT2D eigenvalue weighted by molar-refractivity contribution is 5.97. The molecule has 0 unspecified atom stereocenters. The predicted octanol–water partition coefficient (Wildman–Crippen LogP) is 3.22. The van der Waals surface area contributed by atoms with Gasteiger partial charge in [-0.05, 0) is 56.1 Å². The highest BCUT2D eigenvalue weighted by atomic mass is 16.4. The fourth-order valence-electron chi connectivity index (χ4n) is 9.33. The first-order valence-electron chi connectivity index (χ1n) is 33.6. The van der Waals surface area contributed by atoms with Crippen LogP contribution in [0.5, 0.6) is 0 Å². The summed E-state index contributed by atoms with van der Waals surface area (Å²) in [7, 11) is 0. The number of guanidine groups is 1. The summed E-state index contributed by atoms with van der Waals surface area (Å²) in [4.78, 5) is 109. The minimum absolute atomic E-state index is 0.111. The molecule has 0 fully saturated rings. The van der Waals surface area contributed by atoms with Crippen molar-refractivity contribution in [3.05, 3.63) is 71.8 Å². The van der Waals surface area contributed by atoms with Crippen molar-refractivity contribution in [2.24, 2.45) is 82.3 Å². The first-order valence-corrected chi connectivity index (χ1v) is 33.6. The Balaban J connectivity index is 2.81. The van der Waals surface area contributed by atoms with Crippen molar-refractivity contribution in [2.45, 2.75) is 177 Å². The highest BCUT2D eigenvalue weighted by Crippen LogP contribution is 2.19. The lowest BCUT2D eigenvalue weighted by atomic mass is 10.0. The average molecular weight is 1570 g/mol. The molecule has 45 nitrogen and oxygen atoms in total. The molecule has 0 amide bonds. The molecule has 0 aliphatic heterocycles. The Morgan fingerprint density at radius 1 is 0.396 bits per heavy atom. The maximum absolute atomic E-state index is 12.2. The number of aliphatic hydroxyl groups excluding tert-OH is 16. The molecule has 0 aliphatic rings. The van der Waals surface area contributed by atoms with Crippen LogP contribution in [0.4, 0.5) is 0 Å². The van der Waals surface area contributed by atoms with Crippen LogP contribution in [0.25, 0.3) is 0 Å². The summed E-state index contributed by atoms with van der Waals surface area (Å²) in [6, 6.07) is -5.05. The summed E-state index contributed by atoms with van der Waals surface area (Å²) in [5.74, 6) is -25.1. The van der Waals surface area contributed by atoms with Crippen molar-refractivity contribution in [1.82, 2.24) is 5.32 Å². The Morgan fingerprint density at radius 3 is 1.20 bits per heavy atom. The first kappa shape index (κ1) is 94.1. The van der Waals surface area contributed by atoms with Crippen LogP contribution in [0.2, 0.25) is 0 Å². The van der Waals surface area contributed by atoms with Crippen molar-refractivity contribution < 1.29 is 131 Å². The average Bonchev–Trinajstić information content (AvgIpc) is 0.856. The number of nitrogens with one attached hydrogen (secondary N) is 4. The molecule has 2 aromatic rings. The molecule has 0 aliphatic carbocycles. The Hall–Kier alpha value is -13.0. The summed E-state index contributed by atoms with van der Waals surface area (Å²) in [5.41, 5.74) is 11.9. The van der Waals surface area contributed by atoms with Gasteiger partial charge in [0.25, 0.3) is 0 Å². The van der Waals surface area contributed by atoms with Gasteiger partial charge in [0.15, 0.2) is 35.7 Å². The van der Waals surface area contributed by atoms with Gasteiger partial charge in [-0.3, -0.25) is 35.4 Å². The van der Waals surface area contributed by atoms with Gasteiger partial charge in [-0.2, -0.15) is 0 Å². The number of carboxylic acids is 5. The lowest BCUT2D eigenvalue weighted by molar-refractivity contribution is -0.139. The molecule has 0 bridgehead atoms. The van der Waals surface area contributed by atoms with Gasteiger partial charge >= 0.3 is 29.8 Å². The van der Waals surface area contributed by atoms with E-state index in [9.17, 15) is 126 Å². The van der Waals surface area contributed by atoms with E-state index in [1.807, 2.05) is 0 Å². The highest BCUT2D eigenvalue weighted by Gasteiger charge is 2.32. The monoisotopic (exact) mass is 1570 g/mol. The largest absolute Gasteiger partial charge is 0.497 e. The van der Waals surface area contributed by atoms with Crippen molar-refractivity contribution in [2.75, 3.05) is 26.2 Å². The Bertz CT molecular complexity index is 3900. The Morgan fingerprint density at radius 2 is 0.766 bits per heavy atom.